The zero-order valence-corrected chi connectivity index (χ0v) is 16.3. The Balaban J connectivity index is 5.48. The summed E-state index contributed by atoms with van der Waals surface area (Å²) in [4.78, 5) is 26.4. The highest BCUT2D eigenvalue weighted by Crippen LogP contribution is 2.23. The second-order valence-corrected chi connectivity index (χ2v) is 7.42. The zero-order chi connectivity index (χ0) is 19.1. The summed E-state index contributed by atoms with van der Waals surface area (Å²) in [6.07, 6.45) is 1.78. The molecule has 0 fully saturated rings. The molecule has 24 heavy (non-hydrogen) atoms. The van der Waals surface area contributed by atoms with E-state index in [0.717, 1.165) is 0 Å². The number of carbonyl (C=O) groups is 2. The number of nitrogens with zero attached hydrogens (tertiary/aromatic N) is 1. The first kappa shape index (κ1) is 22.6. The van der Waals surface area contributed by atoms with Gasteiger partial charge in [0.25, 0.3) is 0 Å². The molecular formula is C18H34N2O4. The van der Waals surface area contributed by atoms with E-state index in [1.54, 1.807) is 31.9 Å². The van der Waals surface area contributed by atoms with E-state index in [9.17, 15) is 14.7 Å². The molecule has 0 aliphatic heterocycles. The maximum absolute atomic E-state index is 12.9. The number of amides is 1. The number of aliphatic hydroxyl groups excluding tert-OH is 1. The third-order valence-corrected chi connectivity index (χ3v) is 3.90. The molecule has 0 aromatic heterocycles. The van der Waals surface area contributed by atoms with E-state index in [1.807, 2.05) is 34.6 Å². The number of nitrogens with one attached hydrogen (secondary N) is 1. The van der Waals surface area contributed by atoms with Crippen molar-refractivity contribution in [1.82, 2.24) is 10.2 Å². The van der Waals surface area contributed by atoms with E-state index in [1.165, 1.54) is 0 Å². The Morgan fingerprint density at radius 1 is 1.29 bits per heavy atom. The molecule has 2 N–H and O–H groups in total. The Labute approximate surface area is 146 Å². The van der Waals surface area contributed by atoms with Crippen LogP contribution in [0.4, 0.5) is 0 Å². The molecule has 0 aliphatic rings. The molecule has 0 rings (SSSR count). The summed E-state index contributed by atoms with van der Waals surface area (Å²) in [5.74, 6) is -0.369. The molecule has 0 aliphatic carbocycles. The van der Waals surface area contributed by atoms with Crippen molar-refractivity contribution >= 4 is 11.9 Å². The van der Waals surface area contributed by atoms with Gasteiger partial charge in [0.05, 0.1) is 25.4 Å². The molecule has 2 atom stereocenters. The minimum atomic E-state index is -0.523. The summed E-state index contributed by atoms with van der Waals surface area (Å²) in [7, 11) is 1.72. The Kier molecular flexibility index (Phi) is 9.22. The topological polar surface area (TPSA) is 78.9 Å². The molecule has 2 unspecified atom stereocenters. The van der Waals surface area contributed by atoms with Crippen molar-refractivity contribution in [1.29, 1.82) is 0 Å². The third kappa shape index (κ3) is 6.61. The molecule has 1 amide bonds. The molecule has 0 saturated carbocycles. The van der Waals surface area contributed by atoms with Gasteiger partial charge >= 0.3 is 5.97 Å². The van der Waals surface area contributed by atoms with Crippen molar-refractivity contribution in [2.75, 3.05) is 20.4 Å². The van der Waals surface area contributed by atoms with Gasteiger partial charge in [0, 0.05) is 12.6 Å². The van der Waals surface area contributed by atoms with E-state index in [0.29, 0.717) is 12.2 Å². The maximum atomic E-state index is 12.9. The molecule has 0 aromatic carbocycles. The number of hydrogen-bond acceptors (Lipinski definition) is 5. The molecule has 0 heterocycles. The Morgan fingerprint density at radius 2 is 1.83 bits per heavy atom. The average Bonchev–Trinajstić information content (AvgIpc) is 2.47. The second-order valence-electron chi connectivity index (χ2n) is 7.42. The van der Waals surface area contributed by atoms with Crippen molar-refractivity contribution in [3.63, 3.8) is 0 Å². The van der Waals surface area contributed by atoms with Gasteiger partial charge in [-0.25, -0.2) is 4.79 Å². The Morgan fingerprint density at radius 3 is 2.21 bits per heavy atom. The van der Waals surface area contributed by atoms with Crippen molar-refractivity contribution in [3.05, 3.63) is 11.6 Å². The minimum absolute atomic E-state index is 0.122. The first-order chi connectivity index (χ1) is 11.0. The van der Waals surface area contributed by atoms with Crippen LogP contribution in [-0.2, 0) is 14.3 Å². The van der Waals surface area contributed by atoms with Crippen LogP contribution >= 0.6 is 0 Å². The highest BCUT2D eigenvalue weighted by atomic mass is 16.5. The van der Waals surface area contributed by atoms with Gasteiger partial charge in [-0.1, -0.05) is 40.7 Å². The standard InChI is InChI=1S/C18H34N2O4/c1-9-24-17(23)13(4)10-14(12(2)3)20(8)16(22)15(19-11-21)18(5,6)7/h10,12,14-15,19,21H,9,11H2,1-8H3/b13-10+. The van der Waals surface area contributed by atoms with E-state index in [-0.39, 0.29) is 36.0 Å². The summed E-state index contributed by atoms with van der Waals surface area (Å²) in [5.41, 5.74) is 0.132. The van der Waals surface area contributed by atoms with Crippen LogP contribution in [0.25, 0.3) is 0 Å². The number of likely N-dealkylation sites (N-methyl/N-ethyl adjacent to an activating group) is 1. The van der Waals surface area contributed by atoms with Crippen LogP contribution in [0.1, 0.15) is 48.5 Å². The molecule has 0 radical (unpaired) electrons. The van der Waals surface area contributed by atoms with Crippen LogP contribution in [0.3, 0.4) is 0 Å². The van der Waals surface area contributed by atoms with Crippen LogP contribution in [0, 0.1) is 11.3 Å². The quantitative estimate of drug-likeness (QED) is 0.400. The van der Waals surface area contributed by atoms with Gasteiger partial charge in [0.15, 0.2) is 0 Å². The summed E-state index contributed by atoms with van der Waals surface area (Å²) in [6.45, 7) is 13.3. The van der Waals surface area contributed by atoms with Crippen LogP contribution in [0.2, 0.25) is 0 Å². The molecule has 0 bridgehead atoms. The van der Waals surface area contributed by atoms with Gasteiger partial charge in [-0.2, -0.15) is 0 Å². The molecule has 0 saturated heterocycles. The number of rotatable bonds is 8. The maximum Gasteiger partial charge on any atom is 0.333 e. The normalized spacial score (nSPS) is 15.2. The predicted molar refractivity (Wildman–Crippen MR) is 95.3 cm³/mol. The van der Waals surface area contributed by atoms with Gasteiger partial charge in [-0.05, 0) is 25.2 Å². The lowest BCUT2D eigenvalue weighted by molar-refractivity contribution is -0.139. The summed E-state index contributed by atoms with van der Waals surface area (Å²) in [5, 5.41) is 12.0. The lowest BCUT2D eigenvalue weighted by Gasteiger charge is -2.37. The van der Waals surface area contributed by atoms with Gasteiger partial charge < -0.3 is 14.7 Å². The third-order valence-electron chi connectivity index (χ3n) is 3.90. The van der Waals surface area contributed by atoms with E-state index in [2.05, 4.69) is 5.32 Å². The summed E-state index contributed by atoms with van der Waals surface area (Å²) >= 11 is 0. The molecule has 0 aromatic rings. The summed E-state index contributed by atoms with van der Waals surface area (Å²) in [6, 6.07) is -0.766. The Bertz CT molecular complexity index is 452. The van der Waals surface area contributed by atoms with Crippen molar-refractivity contribution in [2.24, 2.45) is 11.3 Å². The average molecular weight is 342 g/mol. The molecular weight excluding hydrogens is 308 g/mol. The number of aliphatic hydroxyl groups is 1. The second kappa shape index (κ2) is 9.79. The lowest BCUT2D eigenvalue weighted by Crippen LogP contribution is -2.55. The van der Waals surface area contributed by atoms with Gasteiger partial charge in [0.2, 0.25) is 5.91 Å². The van der Waals surface area contributed by atoms with Gasteiger partial charge in [-0.3, -0.25) is 10.1 Å². The molecule has 6 nitrogen and oxygen atoms in total. The predicted octanol–water partition coefficient (Wildman–Crippen LogP) is 1.93. The van der Waals surface area contributed by atoms with E-state index >= 15 is 0 Å². The van der Waals surface area contributed by atoms with Crippen molar-refractivity contribution < 1.29 is 19.4 Å². The highest BCUT2D eigenvalue weighted by Gasteiger charge is 2.35. The van der Waals surface area contributed by atoms with Gasteiger partial charge in [0.1, 0.15) is 0 Å². The fourth-order valence-corrected chi connectivity index (χ4v) is 2.53. The molecule has 140 valence electrons. The molecule has 0 spiro atoms. The number of esters is 1. The zero-order valence-electron chi connectivity index (χ0n) is 16.3. The SMILES string of the molecule is CCOC(=O)/C(C)=C/C(C(C)C)N(C)C(=O)C(NCO)C(C)(C)C. The van der Waals surface area contributed by atoms with Crippen molar-refractivity contribution in [3.8, 4) is 0 Å². The largest absolute Gasteiger partial charge is 0.463 e. The number of ether oxygens (including phenoxy) is 1. The monoisotopic (exact) mass is 342 g/mol. The number of carbonyl (C=O) groups excluding carboxylic acids is 2. The Hall–Kier alpha value is -1.40. The highest BCUT2D eigenvalue weighted by molar-refractivity contribution is 5.88. The number of hydrogen-bond donors (Lipinski definition) is 2. The van der Waals surface area contributed by atoms with E-state index < -0.39 is 6.04 Å². The fourth-order valence-electron chi connectivity index (χ4n) is 2.53. The van der Waals surface area contributed by atoms with Gasteiger partial charge in [-0.15, -0.1) is 0 Å². The first-order valence-corrected chi connectivity index (χ1v) is 8.43. The van der Waals surface area contributed by atoms with Crippen LogP contribution in [0.15, 0.2) is 11.6 Å². The lowest BCUT2D eigenvalue weighted by atomic mass is 9.85. The molecule has 6 heteroatoms. The first-order valence-electron chi connectivity index (χ1n) is 8.43. The smallest absolute Gasteiger partial charge is 0.333 e. The van der Waals surface area contributed by atoms with Crippen LogP contribution in [-0.4, -0.2) is 54.4 Å². The van der Waals surface area contributed by atoms with Crippen LogP contribution < -0.4 is 5.32 Å². The van der Waals surface area contributed by atoms with E-state index in [4.69, 9.17) is 4.74 Å². The van der Waals surface area contributed by atoms with Crippen LogP contribution in [0.5, 0.6) is 0 Å². The van der Waals surface area contributed by atoms with Crippen molar-refractivity contribution in [2.45, 2.75) is 60.5 Å². The minimum Gasteiger partial charge on any atom is -0.463 e. The fraction of sp³-hybridized carbons (Fsp3) is 0.778. The summed E-state index contributed by atoms with van der Waals surface area (Å²) < 4.78 is 5.01.